The number of allylic oxidation sites excluding steroid dienone is 14. The fraction of sp³-hybridized carbons (Fsp3) is 0.787. The van der Waals surface area contributed by atoms with Crippen molar-refractivity contribution in [2.24, 2.45) is 0 Å². The molecule has 89 heavy (non-hydrogen) atoms. The van der Waals surface area contributed by atoms with Gasteiger partial charge >= 0.3 is 11.9 Å². The molecular weight excluding hydrogens is 1100 g/mol. The van der Waals surface area contributed by atoms with E-state index in [1.165, 1.54) is 225 Å². The molecule has 2 unspecified atom stereocenters. The quantitative estimate of drug-likeness (QED) is 0.0195. The molecule has 0 aliphatic heterocycles. The molecule has 0 aromatic carbocycles. The summed E-state index contributed by atoms with van der Waals surface area (Å²) in [7, 11) is 5.94. The van der Waals surface area contributed by atoms with Gasteiger partial charge in [0.2, 0.25) is 0 Å². The van der Waals surface area contributed by atoms with Crippen LogP contribution in [-0.2, 0) is 33.3 Å². The van der Waals surface area contributed by atoms with Gasteiger partial charge in [-0.25, -0.2) is 0 Å². The highest BCUT2D eigenvalue weighted by Gasteiger charge is 2.22. The van der Waals surface area contributed by atoms with Crippen molar-refractivity contribution in [1.82, 2.24) is 0 Å². The van der Waals surface area contributed by atoms with Crippen LogP contribution in [0.4, 0.5) is 0 Å². The predicted molar refractivity (Wildman–Crippen MR) is 380 cm³/mol. The molecule has 2 atom stereocenters. The lowest BCUT2D eigenvalue weighted by Crippen LogP contribution is -2.44. The van der Waals surface area contributed by atoms with Crippen molar-refractivity contribution in [3.8, 4) is 0 Å². The first-order chi connectivity index (χ1) is 43.6. The van der Waals surface area contributed by atoms with Crippen molar-refractivity contribution in [3.63, 3.8) is 0 Å². The lowest BCUT2D eigenvalue weighted by atomic mass is 10.0. The number of carbonyl (C=O) groups is 3. The monoisotopic (exact) mass is 1250 g/mol. The molecule has 0 spiro atoms. The number of esters is 2. The summed E-state index contributed by atoms with van der Waals surface area (Å²) in [6.45, 7) is 4.67. The lowest BCUT2D eigenvalue weighted by molar-refractivity contribution is -0.870. The van der Waals surface area contributed by atoms with Crippen LogP contribution in [-0.4, -0.2) is 82.3 Å². The number of carboxylic acid groups (broad SMARTS) is 1. The second kappa shape index (κ2) is 70.3. The summed E-state index contributed by atoms with van der Waals surface area (Å²) >= 11 is 0. The van der Waals surface area contributed by atoms with Crippen LogP contribution >= 0.6 is 0 Å². The van der Waals surface area contributed by atoms with Gasteiger partial charge in [0, 0.05) is 12.8 Å². The minimum absolute atomic E-state index is 0.145. The first kappa shape index (κ1) is 85.5. The van der Waals surface area contributed by atoms with Crippen molar-refractivity contribution in [3.05, 3.63) is 85.1 Å². The van der Waals surface area contributed by atoms with Crippen molar-refractivity contribution >= 4 is 17.9 Å². The van der Waals surface area contributed by atoms with Gasteiger partial charge < -0.3 is 33.3 Å². The van der Waals surface area contributed by atoms with Gasteiger partial charge in [-0.1, -0.05) is 349 Å². The Hall–Kier alpha value is -3.53. The van der Waals surface area contributed by atoms with Gasteiger partial charge in [0.15, 0.2) is 12.4 Å². The number of carboxylic acids is 1. The van der Waals surface area contributed by atoms with Gasteiger partial charge in [0.25, 0.3) is 0 Å². The number of likely N-dealkylation sites (N-methyl/N-ethyl adjacent to an activating group) is 1. The van der Waals surface area contributed by atoms with E-state index in [4.69, 9.17) is 18.9 Å². The number of rotatable bonds is 70. The Bertz CT molecular complexity index is 1740. The number of hydrogen-bond acceptors (Lipinski definition) is 8. The van der Waals surface area contributed by atoms with Crippen LogP contribution in [0.2, 0.25) is 0 Å². The molecule has 0 aromatic heterocycles. The number of hydrogen-bond donors (Lipinski definition) is 0. The summed E-state index contributed by atoms with van der Waals surface area (Å²) in [6, 6.07) is 0. The fourth-order valence-electron chi connectivity index (χ4n) is 10.9. The largest absolute Gasteiger partial charge is 0.545 e. The molecule has 9 heteroatoms. The molecule has 0 aliphatic rings. The maximum absolute atomic E-state index is 12.9. The van der Waals surface area contributed by atoms with Crippen LogP contribution in [0.3, 0.4) is 0 Å². The summed E-state index contributed by atoms with van der Waals surface area (Å²) in [4.78, 5) is 37.6. The molecule has 0 saturated heterocycles. The summed E-state index contributed by atoms with van der Waals surface area (Å²) in [5.74, 6) is -2.28. The van der Waals surface area contributed by atoms with E-state index in [2.05, 4.69) is 98.9 Å². The molecule has 9 nitrogen and oxygen atoms in total. The molecule has 516 valence electrons. The zero-order valence-electron chi connectivity index (χ0n) is 59.0. The van der Waals surface area contributed by atoms with Crippen LogP contribution in [0.25, 0.3) is 0 Å². The van der Waals surface area contributed by atoms with Crippen LogP contribution < -0.4 is 5.11 Å². The number of ether oxygens (including phenoxy) is 4. The lowest BCUT2D eigenvalue weighted by Gasteiger charge is -2.26. The Morgan fingerprint density at radius 3 is 0.955 bits per heavy atom. The van der Waals surface area contributed by atoms with Gasteiger partial charge in [-0.2, -0.15) is 0 Å². The predicted octanol–water partition coefficient (Wildman–Crippen LogP) is 22.5. The highest BCUT2D eigenvalue weighted by molar-refractivity contribution is 5.70. The average molecular weight is 1250 g/mol. The Labute approximate surface area is 550 Å². The molecule has 0 amide bonds. The fourth-order valence-corrected chi connectivity index (χ4v) is 10.9. The third-order valence-corrected chi connectivity index (χ3v) is 16.7. The van der Waals surface area contributed by atoms with E-state index in [-0.39, 0.29) is 32.2 Å². The summed E-state index contributed by atoms with van der Waals surface area (Å²) in [5, 5.41) is 11.8. The van der Waals surface area contributed by atoms with Gasteiger partial charge in [-0.15, -0.1) is 0 Å². The topological polar surface area (TPSA) is 111 Å². The number of unbranched alkanes of at least 4 members (excludes halogenated alkanes) is 41. The van der Waals surface area contributed by atoms with E-state index >= 15 is 0 Å². The zero-order valence-corrected chi connectivity index (χ0v) is 59.0. The highest BCUT2D eigenvalue weighted by Crippen LogP contribution is 2.19. The number of nitrogens with zero attached hydrogens (tertiary/aromatic N) is 1. The Balaban J connectivity index is 4.07. The first-order valence-electron chi connectivity index (χ1n) is 37.7. The smallest absolute Gasteiger partial charge is 0.306 e. The zero-order chi connectivity index (χ0) is 64.7. The molecular formula is C80H143NO8. The average Bonchev–Trinajstić information content (AvgIpc) is 3.64. The standard InChI is InChI=1S/C80H143NO8/c1-6-8-10-12-14-16-18-20-22-24-26-28-30-32-34-36-38-39-41-42-44-46-48-50-52-54-56-58-60-62-64-66-68-70-77(82)87-74-76(75-88-80(79(84)85)86-73-72-81(3,4)5)89-78(83)71-69-67-65-63-61-59-57-55-53-51-49-47-45-43-40-37-35-33-31-29-27-25-23-21-19-17-15-13-11-9-7-2/h9,11,15,17,21,23,27,29,33,35,40,43,47,49,76,80H,6-8,10,12-14,16,18-20,22,24-26,28,30-32,34,36-39,41-42,44-46,48,50-75H2,1-5H3/b11-9-,17-15-,23-21-,29-27-,35-33-,43-40-,49-47-. The van der Waals surface area contributed by atoms with Crippen LogP contribution in [0, 0.1) is 0 Å². The second-order valence-corrected chi connectivity index (χ2v) is 26.6. The van der Waals surface area contributed by atoms with Gasteiger partial charge in [-0.05, 0) is 70.6 Å². The van der Waals surface area contributed by atoms with E-state index < -0.39 is 24.3 Å². The molecule has 0 fully saturated rings. The van der Waals surface area contributed by atoms with E-state index in [1.54, 1.807) is 0 Å². The van der Waals surface area contributed by atoms with Crippen molar-refractivity contribution in [2.45, 2.75) is 360 Å². The normalized spacial score (nSPS) is 13.1. The van der Waals surface area contributed by atoms with E-state index in [0.29, 0.717) is 23.9 Å². The molecule has 0 aromatic rings. The molecule has 0 saturated carbocycles. The Kier molecular flexibility index (Phi) is 67.6. The van der Waals surface area contributed by atoms with E-state index in [1.807, 2.05) is 21.1 Å². The molecule has 0 radical (unpaired) electrons. The minimum atomic E-state index is -1.63. The highest BCUT2D eigenvalue weighted by atomic mass is 16.7. The molecule has 0 aliphatic carbocycles. The Morgan fingerprint density at radius 2 is 0.640 bits per heavy atom. The van der Waals surface area contributed by atoms with E-state index in [9.17, 15) is 19.5 Å². The third-order valence-electron chi connectivity index (χ3n) is 16.7. The van der Waals surface area contributed by atoms with Crippen molar-refractivity contribution in [2.75, 3.05) is 47.5 Å². The second-order valence-electron chi connectivity index (χ2n) is 26.6. The Morgan fingerprint density at radius 1 is 0.348 bits per heavy atom. The first-order valence-corrected chi connectivity index (χ1v) is 37.7. The van der Waals surface area contributed by atoms with Crippen molar-refractivity contribution < 1.29 is 42.9 Å². The van der Waals surface area contributed by atoms with Crippen LogP contribution in [0.1, 0.15) is 348 Å². The van der Waals surface area contributed by atoms with Crippen LogP contribution in [0.5, 0.6) is 0 Å². The van der Waals surface area contributed by atoms with Gasteiger partial charge in [0.1, 0.15) is 13.2 Å². The molecule has 0 heterocycles. The van der Waals surface area contributed by atoms with Crippen LogP contribution in [0.15, 0.2) is 85.1 Å². The number of aliphatic carboxylic acids is 1. The number of carbonyl (C=O) groups excluding carboxylic acids is 3. The third kappa shape index (κ3) is 71.8. The SMILES string of the molecule is CC/C=C\C/C=C\C/C=C\C/C=C\C/C=C\C/C=C\C/C=C\CCCCCCCCCCCC(=O)OC(COC(=O)CCCCCCCCCCCCCCCCCCCCCCCCCCCCCCCCCCC)COC(OCC[N+](C)(C)C)C(=O)[O-]. The maximum atomic E-state index is 12.9. The summed E-state index contributed by atoms with van der Waals surface area (Å²) in [6.07, 6.45) is 92.6. The molecule has 0 N–H and O–H groups in total. The summed E-state index contributed by atoms with van der Waals surface area (Å²) < 4.78 is 22.8. The molecule has 0 bridgehead atoms. The van der Waals surface area contributed by atoms with Gasteiger partial charge in [0.05, 0.1) is 40.3 Å². The minimum Gasteiger partial charge on any atom is -0.545 e. The number of quaternary nitrogens is 1. The maximum Gasteiger partial charge on any atom is 0.306 e. The van der Waals surface area contributed by atoms with Crippen molar-refractivity contribution in [1.29, 1.82) is 0 Å². The summed E-state index contributed by atoms with van der Waals surface area (Å²) in [5.41, 5.74) is 0. The van der Waals surface area contributed by atoms with E-state index in [0.717, 1.165) is 89.9 Å². The molecule has 0 rings (SSSR count). The van der Waals surface area contributed by atoms with Gasteiger partial charge in [-0.3, -0.25) is 9.59 Å².